The van der Waals surface area contributed by atoms with Crippen molar-refractivity contribution in [2.75, 3.05) is 7.11 Å². The van der Waals surface area contributed by atoms with Crippen LogP contribution in [-0.2, 0) is 6.54 Å². The fourth-order valence-corrected chi connectivity index (χ4v) is 1.02. The minimum Gasteiger partial charge on any atom is -0.491 e. The molecule has 1 heterocycles. The maximum absolute atomic E-state index is 11.4. The van der Waals surface area contributed by atoms with Crippen molar-refractivity contribution in [2.45, 2.75) is 13.0 Å². The summed E-state index contributed by atoms with van der Waals surface area (Å²) in [5, 5.41) is 8.35. The van der Waals surface area contributed by atoms with Gasteiger partial charge in [0.25, 0.3) is 5.56 Å². The summed E-state index contributed by atoms with van der Waals surface area (Å²) in [7, 11) is 1.45. The van der Waals surface area contributed by atoms with Crippen LogP contribution in [0.25, 0.3) is 0 Å². The summed E-state index contributed by atoms with van der Waals surface area (Å²) in [5.41, 5.74) is -0.194. The lowest BCUT2D eigenvalue weighted by atomic mass is 10.4. The Labute approximate surface area is 76.0 Å². The maximum atomic E-state index is 11.4. The topological polar surface area (TPSA) is 55.0 Å². The van der Waals surface area contributed by atoms with Gasteiger partial charge < -0.3 is 9.30 Å². The molecular weight excluding hydrogens is 168 g/mol. The van der Waals surface area contributed by atoms with E-state index < -0.39 is 0 Å². The van der Waals surface area contributed by atoms with Gasteiger partial charge in [0.05, 0.1) is 19.6 Å². The van der Waals surface area contributed by atoms with Gasteiger partial charge in [-0.15, -0.1) is 0 Å². The summed E-state index contributed by atoms with van der Waals surface area (Å²) in [4.78, 5) is 11.4. The van der Waals surface area contributed by atoms with E-state index in [-0.39, 0.29) is 5.56 Å². The first-order chi connectivity index (χ1) is 6.29. The van der Waals surface area contributed by atoms with Gasteiger partial charge in [0.15, 0.2) is 5.75 Å². The van der Waals surface area contributed by atoms with Crippen LogP contribution in [0.2, 0.25) is 0 Å². The first-order valence-corrected chi connectivity index (χ1v) is 3.90. The van der Waals surface area contributed by atoms with Gasteiger partial charge in [-0.05, 0) is 12.1 Å². The third-order valence-corrected chi connectivity index (χ3v) is 1.67. The molecule has 1 aromatic heterocycles. The molecule has 0 unspecified atom stereocenters. The summed E-state index contributed by atoms with van der Waals surface area (Å²) in [6.45, 7) is 0.409. The number of aryl methyl sites for hydroxylation is 1. The summed E-state index contributed by atoms with van der Waals surface area (Å²) < 4.78 is 6.31. The molecule has 68 valence electrons. The van der Waals surface area contributed by atoms with E-state index in [0.29, 0.717) is 18.7 Å². The highest BCUT2D eigenvalue weighted by atomic mass is 16.5. The zero-order chi connectivity index (χ0) is 9.68. The van der Waals surface area contributed by atoms with Crippen molar-refractivity contribution in [2.24, 2.45) is 0 Å². The van der Waals surface area contributed by atoms with E-state index in [0.717, 1.165) is 0 Å². The van der Waals surface area contributed by atoms with Crippen LogP contribution in [0.15, 0.2) is 23.1 Å². The molecule has 13 heavy (non-hydrogen) atoms. The number of rotatable bonds is 3. The fraction of sp³-hybridized carbons (Fsp3) is 0.333. The lowest BCUT2D eigenvalue weighted by Gasteiger charge is -2.04. The Morgan fingerprint density at radius 1 is 1.69 bits per heavy atom. The van der Waals surface area contributed by atoms with Gasteiger partial charge in [-0.1, -0.05) is 0 Å². The average molecular weight is 178 g/mol. The van der Waals surface area contributed by atoms with Crippen molar-refractivity contribution in [3.63, 3.8) is 0 Å². The summed E-state index contributed by atoms with van der Waals surface area (Å²) >= 11 is 0. The molecule has 0 saturated carbocycles. The standard InChI is InChI=1S/C9H10N2O2/c1-13-8-4-2-6-11(9(8)12)7-3-5-10/h2,4,6H,3,7H2,1H3. The lowest BCUT2D eigenvalue weighted by molar-refractivity contribution is 0.402. The first kappa shape index (κ1) is 9.33. The molecular formula is C9H10N2O2. The fourth-order valence-electron chi connectivity index (χ4n) is 1.02. The highest BCUT2D eigenvalue weighted by Gasteiger charge is 2.00. The number of aromatic nitrogens is 1. The normalized spacial score (nSPS) is 9.23. The maximum Gasteiger partial charge on any atom is 0.292 e. The molecule has 0 radical (unpaired) electrons. The van der Waals surface area contributed by atoms with Crippen LogP contribution in [0.1, 0.15) is 6.42 Å². The second-order valence-electron chi connectivity index (χ2n) is 2.48. The minimum absolute atomic E-state index is 0.194. The summed E-state index contributed by atoms with van der Waals surface area (Å²) in [6.07, 6.45) is 1.97. The molecule has 4 nitrogen and oxygen atoms in total. The van der Waals surface area contributed by atoms with E-state index in [2.05, 4.69) is 0 Å². The Balaban J connectivity index is 2.96. The molecule has 0 bridgehead atoms. The van der Waals surface area contributed by atoms with Gasteiger partial charge in [-0.25, -0.2) is 0 Å². The van der Waals surface area contributed by atoms with Gasteiger partial charge >= 0.3 is 0 Å². The third kappa shape index (κ3) is 2.09. The van der Waals surface area contributed by atoms with Crippen LogP contribution in [0.3, 0.4) is 0 Å². The van der Waals surface area contributed by atoms with Crippen molar-refractivity contribution in [3.05, 3.63) is 28.7 Å². The quantitative estimate of drug-likeness (QED) is 0.687. The summed E-state index contributed by atoms with van der Waals surface area (Å²) in [6, 6.07) is 5.30. The van der Waals surface area contributed by atoms with Gasteiger partial charge in [0.1, 0.15) is 0 Å². The van der Waals surface area contributed by atoms with Gasteiger partial charge in [0.2, 0.25) is 0 Å². The predicted molar refractivity (Wildman–Crippen MR) is 47.5 cm³/mol. The van der Waals surface area contributed by atoms with E-state index in [4.69, 9.17) is 10.00 Å². The van der Waals surface area contributed by atoms with Gasteiger partial charge in [-0.2, -0.15) is 5.26 Å². The minimum atomic E-state index is -0.194. The number of nitriles is 1. The SMILES string of the molecule is COc1cccn(CCC#N)c1=O. The van der Waals surface area contributed by atoms with Crippen LogP contribution in [0.5, 0.6) is 5.75 Å². The Kier molecular flexibility index (Phi) is 3.09. The number of hydrogen-bond acceptors (Lipinski definition) is 3. The molecule has 0 saturated heterocycles. The third-order valence-electron chi connectivity index (χ3n) is 1.67. The number of methoxy groups -OCH3 is 1. The molecule has 1 aromatic rings. The van der Waals surface area contributed by atoms with E-state index in [9.17, 15) is 4.79 Å². The van der Waals surface area contributed by atoms with Crippen molar-refractivity contribution in [1.82, 2.24) is 4.57 Å². The second-order valence-corrected chi connectivity index (χ2v) is 2.48. The average Bonchev–Trinajstić information content (AvgIpc) is 2.16. The van der Waals surface area contributed by atoms with Crippen molar-refractivity contribution >= 4 is 0 Å². The molecule has 0 aromatic carbocycles. The van der Waals surface area contributed by atoms with E-state index >= 15 is 0 Å². The van der Waals surface area contributed by atoms with Crippen molar-refractivity contribution in [1.29, 1.82) is 5.26 Å². The van der Waals surface area contributed by atoms with Crippen LogP contribution in [0, 0.1) is 11.3 Å². The largest absolute Gasteiger partial charge is 0.491 e. The van der Waals surface area contributed by atoms with Gasteiger partial charge in [-0.3, -0.25) is 4.79 Å². The monoisotopic (exact) mass is 178 g/mol. The van der Waals surface area contributed by atoms with Crippen LogP contribution in [0.4, 0.5) is 0 Å². The first-order valence-electron chi connectivity index (χ1n) is 3.90. The van der Waals surface area contributed by atoms with Crippen LogP contribution < -0.4 is 10.3 Å². The summed E-state index contributed by atoms with van der Waals surface area (Å²) in [5.74, 6) is 0.306. The predicted octanol–water partition coefficient (Wildman–Crippen LogP) is 0.771. The molecule has 0 atom stereocenters. The van der Waals surface area contributed by atoms with E-state index in [1.165, 1.54) is 11.7 Å². The molecule has 1 rings (SSSR count). The molecule has 0 aliphatic heterocycles. The number of ether oxygens (including phenoxy) is 1. The van der Waals surface area contributed by atoms with E-state index in [1.807, 2.05) is 6.07 Å². The Morgan fingerprint density at radius 2 is 2.46 bits per heavy atom. The van der Waals surface area contributed by atoms with E-state index in [1.54, 1.807) is 18.3 Å². The Hall–Kier alpha value is -1.76. The van der Waals surface area contributed by atoms with Crippen molar-refractivity contribution in [3.8, 4) is 11.8 Å². The van der Waals surface area contributed by atoms with Crippen molar-refractivity contribution < 1.29 is 4.74 Å². The highest BCUT2D eigenvalue weighted by molar-refractivity contribution is 5.16. The van der Waals surface area contributed by atoms with Crippen LogP contribution in [-0.4, -0.2) is 11.7 Å². The highest BCUT2D eigenvalue weighted by Crippen LogP contribution is 2.00. The molecule has 0 spiro atoms. The number of nitrogens with zero attached hydrogens (tertiary/aromatic N) is 2. The smallest absolute Gasteiger partial charge is 0.292 e. The van der Waals surface area contributed by atoms with Crippen LogP contribution >= 0.6 is 0 Å². The Morgan fingerprint density at radius 3 is 3.08 bits per heavy atom. The number of hydrogen-bond donors (Lipinski definition) is 0. The molecule has 4 heteroatoms. The molecule has 0 aliphatic rings. The Bertz CT molecular complexity index is 376. The lowest BCUT2D eigenvalue weighted by Crippen LogP contribution is -2.20. The molecule has 0 amide bonds. The second kappa shape index (κ2) is 4.31. The van der Waals surface area contributed by atoms with Gasteiger partial charge in [0, 0.05) is 12.7 Å². The number of pyridine rings is 1. The molecule has 0 aliphatic carbocycles. The zero-order valence-corrected chi connectivity index (χ0v) is 7.36. The zero-order valence-electron chi connectivity index (χ0n) is 7.36. The molecule has 0 fully saturated rings. The molecule has 0 N–H and O–H groups in total.